The van der Waals surface area contributed by atoms with Crippen molar-refractivity contribution in [1.82, 2.24) is 0 Å². The summed E-state index contributed by atoms with van der Waals surface area (Å²) in [6.45, 7) is 9.70. The van der Waals surface area contributed by atoms with Crippen molar-refractivity contribution in [2.24, 2.45) is 23.2 Å². The van der Waals surface area contributed by atoms with Crippen LogP contribution in [0.15, 0.2) is 24.3 Å². The van der Waals surface area contributed by atoms with Crippen LogP contribution in [0.4, 0.5) is 0 Å². The van der Waals surface area contributed by atoms with Gasteiger partial charge in [0.1, 0.15) is 5.75 Å². The van der Waals surface area contributed by atoms with E-state index in [1.165, 1.54) is 44.1 Å². The summed E-state index contributed by atoms with van der Waals surface area (Å²) in [7, 11) is 0. The van der Waals surface area contributed by atoms with Gasteiger partial charge in [0.05, 0.1) is 0 Å². The van der Waals surface area contributed by atoms with Crippen LogP contribution in [-0.4, -0.2) is 12.9 Å². The van der Waals surface area contributed by atoms with Crippen LogP contribution in [0.3, 0.4) is 0 Å². The first kappa shape index (κ1) is 18.3. The summed E-state index contributed by atoms with van der Waals surface area (Å²) in [5.41, 5.74) is 1.86. The quantitative estimate of drug-likeness (QED) is 0.531. The normalized spacial score (nSPS) is 34.1. The standard InChI is InChI=1S/C24H36O2/c1-5-23(3,4)20-7-9-21(10-8-20)26-22(25-6-2)24-14-17-11-18(15-24)13-19(12-17)16-24/h7-10,17-19,22H,5-6,11-16H2,1-4H3. The van der Waals surface area contributed by atoms with Gasteiger partial charge in [-0.05, 0) is 92.7 Å². The van der Waals surface area contributed by atoms with Crippen molar-refractivity contribution >= 4 is 0 Å². The van der Waals surface area contributed by atoms with Gasteiger partial charge in [-0.3, -0.25) is 0 Å². The van der Waals surface area contributed by atoms with E-state index >= 15 is 0 Å². The van der Waals surface area contributed by atoms with Crippen LogP contribution < -0.4 is 4.74 Å². The number of benzene rings is 1. The van der Waals surface area contributed by atoms with Gasteiger partial charge in [-0.1, -0.05) is 32.9 Å². The number of hydrogen-bond acceptors (Lipinski definition) is 2. The average Bonchev–Trinajstić information content (AvgIpc) is 2.61. The monoisotopic (exact) mass is 356 g/mol. The molecular weight excluding hydrogens is 320 g/mol. The highest BCUT2D eigenvalue weighted by Crippen LogP contribution is 2.61. The highest BCUT2D eigenvalue weighted by atomic mass is 16.7. The fraction of sp³-hybridized carbons (Fsp3) is 0.750. The third kappa shape index (κ3) is 3.30. The van der Waals surface area contributed by atoms with E-state index < -0.39 is 0 Å². The summed E-state index contributed by atoms with van der Waals surface area (Å²) in [6, 6.07) is 8.78. The van der Waals surface area contributed by atoms with Gasteiger partial charge >= 0.3 is 0 Å². The molecule has 0 radical (unpaired) electrons. The highest BCUT2D eigenvalue weighted by Gasteiger charge is 2.55. The zero-order valence-electron chi connectivity index (χ0n) is 17.1. The molecule has 0 amide bonds. The molecule has 4 aliphatic rings. The van der Waals surface area contributed by atoms with Gasteiger partial charge in [0, 0.05) is 12.0 Å². The lowest BCUT2D eigenvalue weighted by Gasteiger charge is -2.58. The summed E-state index contributed by atoms with van der Waals surface area (Å²) < 4.78 is 12.7. The van der Waals surface area contributed by atoms with Gasteiger partial charge in [0.25, 0.3) is 0 Å². The van der Waals surface area contributed by atoms with Crippen LogP contribution in [0.5, 0.6) is 5.75 Å². The van der Waals surface area contributed by atoms with E-state index in [9.17, 15) is 0 Å². The van der Waals surface area contributed by atoms with Crippen molar-refractivity contribution < 1.29 is 9.47 Å². The first-order chi connectivity index (χ1) is 12.4. The van der Waals surface area contributed by atoms with Crippen molar-refractivity contribution in [3.63, 3.8) is 0 Å². The first-order valence-electron chi connectivity index (χ1n) is 10.8. The van der Waals surface area contributed by atoms with E-state index in [-0.39, 0.29) is 17.1 Å². The molecule has 26 heavy (non-hydrogen) atoms. The molecule has 1 aromatic rings. The van der Waals surface area contributed by atoms with Crippen molar-refractivity contribution in [2.45, 2.75) is 84.3 Å². The fourth-order valence-electron chi connectivity index (χ4n) is 6.27. The molecule has 1 aromatic carbocycles. The molecule has 0 N–H and O–H groups in total. The predicted octanol–water partition coefficient (Wildman–Crippen LogP) is 6.33. The maximum Gasteiger partial charge on any atom is 0.205 e. The molecule has 2 heteroatoms. The Balaban J connectivity index is 1.53. The summed E-state index contributed by atoms with van der Waals surface area (Å²) >= 11 is 0. The molecular formula is C24H36O2. The van der Waals surface area contributed by atoms with Crippen LogP contribution in [0.2, 0.25) is 0 Å². The van der Waals surface area contributed by atoms with Gasteiger partial charge in [-0.25, -0.2) is 0 Å². The van der Waals surface area contributed by atoms with Crippen molar-refractivity contribution in [1.29, 1.82) is 0 Å². The maximum atomic E-state index is 6.52. The van der Waals surface area contributed by atoms with Crippen molar-refractivity contribution in [3.05, 3.63) is 29.8 Å². The summed E-state index contributed by atoms with van der Waals surface area (Å²) in [5.74, 6) is 3.72. The molecule has 5 rings (SSSR count). The van der Waals surface area contributed by atoms with Crippen molar-refractivity contribution in [2.75, 3.05) is 6.61 Å². The summed E-state index contributed by atoms with van der Waals surface area (Å²) in [5, 5.41) is 0. The van der Waals surface area contributed by atoms with E-state index in [0.717, 1.165) is 36.5 Å². The SMILES string of the molecule is CCOC(Oc1ccc(C(C)(C)CC)cc1)C12CC3CC(CC(C3)C1)C2. The zero-order valence-corrected chi connectivity index (χ0v) is 17.1. The Labute approximate surface area is 159 Å². The fourth-order valence-corrected chi connectivity index (χ4v) is 6.27. The molecule has 0 spiro atoms. The van der Waals surface area contributed by atoms with Crippen LogP contribution in [0.25, 0.3) is 0 Å². The second kappa shape index (κ2) is 6.86. The third-order valence-electron chi connectivity index (χ3n) is 7.67. The van der Waals surface area contributed by atoms with Gasteiger partial charge < -0.3 is 9.47 Å². The molecule has 4 saturated carbocycles. The lowest BCUT2D eigenvalue weighted by molar-refractivity contribution is -0.213. The molecule has 0 aromatic heterocycles. The van der Waals surface area contributed by atoms with E-state index in [2.05, 4.69) is 52.0 Å². The van der Waals surface area contributed by atoms with Gasteiger partial charge in [-0.15, -0.1) is 0 Å². The number of rotatable bonds is 7. The predicted molar refractivity (Wildman–Crippen MR) is 106 cm³/mol. The van der Waals surface area contributed by atoms with Gasteiger partial charge in [-0.2, -0.15) is 0 Å². The Morgan fingerprint density at radius 3 is 1.96 bits per heavy atom. The molecule has 4 aliphatic carbocycles. The second-order valence-corrected chi connectivity index (χ2v) is 9.95. The second-order valence-electron chi connectivity index (χ2n) is 9.95. The maximum absolute atomic E-state index is 6.52. The third-order valence-corrected chi connectivity index (χ3v) is 7.67. The van der Waals surface area contributed by atoms with E-state index in [4.69, 9.17) is 9.47 Å². The summed E-state index contributed by atoms with van der Waals surface area (Å²) in [4.78, 5) is 0. The molecule has 0 heterocycles. The Bertz CT molecular complexity index is 580. The van der Waals surface area contributed by atoms with E-state index in [1.807, 2.05) is 0 Å². The Morgan fingerprint density at radius 1 is 0.962 bits per heavy atom. The smallest absolute Gasteiger partial charge is 0.205 e. The lowest BCUT2D eigenvalue weighted by atomic mass is 9.49. The molecule has 0 aliphatic heterocycles. The highest BCUT2D eigenvalue weighted by molar-refractivity contribution is 5.31. The molecule has 1 atom stereocenters. The Hall–Kier alpha value is -1.02. The number of ether oxygens (including phenoxy) is 2. The largest absolute Gasteiger partial charge is 0.464 e. The molecule has 4 bridgehead atoms. The van der Waals surface area contributed by atoms with Crippen LogP contribution in [-0.2, 0) is 10.2 Å². The molecule has 4 fully saturated rings. The number of hydrogen-bond donors (Lipinski definition) is 0. The minimum absolute atomic E-state index is 0.0778. The van der Waals surface area contributed by atoms with E-state index in [0.29, 0.717) is 0 Å². The first-order valence-corrected chi connectivity index (χ1v) is 10.8. The zero-order chi connectivity index (χ0) is 18.4. The molecule has 0 saturated heterocycles. The topological polar surface area (TPSA) is 18.5 Å². The Morgan fingerprint density at radius 2 is 1.50 bits per heavy atom. The average molecular weight is 357 g/mol. The van der Waals surface area contributed by atoms with Crippen LogP contribution in [0, 0.1) is 23.2 Å². The van der Waals surface area contributed by atoms with Crippen LogP contribution in [0.1, 0.15) is 78.2 Å². The van der Waals surface area contributed by atoms with Gasteiger partial charge in [0.2, 0.25) is 6.29 Å². The van der Waals surface area contributed by atoms with Crippen molar-refractivity contribution in [3.8, 4) is 5.75 Å². The Kier molecular flexibility index (Phi) is 4.84. The molecule has 1 unspecified atom stereocenters. The van der Waals surface area contributed by atoms with E-state index in [1.54, 1.807) is 0 Å². The van der Waals surface area contributed by atoms with Gasteiger partial charge in [0.15, 0.2) is 0 Å². The minimum Gasteiger partial charge on any atom is -0.464 e. The lowest BCUT2D eigenvalue weighted by Crippen LogP contribution is -2.54. The molecule has 2 nitrogen and oxygen atoms in total. The van der Waals surface area contributed by atoms with Crippen LogP contribution >= 0.6 is 0 Å². The summed E-state index contributed by atoms with van der Waals surface area (Å²) in [6.07, 6.45) is 9.37. The molecule has 144 valence electrons. The minimum atomic E-state index is -0.0778.